The maximum absolute atomic E-state index is 12.2. The van der Waals surface area contributed by atoms with Crippen LogP contribution in [0.3, 0.4) is 0 Å². The molecular weight excluding hydrogens is 314 g/mol. The number of hydrogen-bond acceptors (Lipinski definition) is 5. The molecule has 1 aliphatic heterocycles. The van der Waals surface area contributed by atoms with Crippen LogP contribution in [-0.2, 0) is 14.6 Å². The number of anilines is 1. The fourth-order valence-corrected chi connectivity index (χ4v) is 4.38. The summed E-state index contributed by atoms with van der Waals surface area (Å²) in [5.74, 6) is -0.711. The molecule has 23 heavy (non-hydrogen) atoms. The molecule has 3 rings (SSSR count). The van der Waals surface area contributed by atoms with Gasteiger partial charge in [-0.3, -0.25) is 0 Å². The quantitative estimate of drug-likeness (QED) is 0.869. The Morgan fingerprint density at radius 2 is 1.57 bits per heavy atom. The maximum atomic E-state index is 12.2. The van der Waals surface area contributed by atoms with Gasteiger partial charge in [-0.1, -0.05) is 36.4 Å². The maximum Gasteiger partial charge on any atom is 0.338 e. The van der Waals surface area contributed by atoms with Gasteiger partial charge in [0.15, 0.2) is 9.84 Å². The Kier molecular flexibility index (Phi) is 4.34. The average molecular weight is 331 g/mol. The first-order valence-electron chi connectivity index (χ1n) is 7.31. The van der Waals surface area contributed by atoms with Gasteiger partial charge in [0, 0.05) is 5.69 Å². The molecule has 0 bridgehead atoms. The predicted molar refractivity (Wildman–Crippen MR) is 88.2 cm³/mol. The van der Waals surface area contributed by atoms with E-state index in [2.05, 4.69) is 5.32 Å². The van der Waals surface area contributed by atoms with Gasteiger partial charge in [0.1, 0.15) is 6.10 Å². The van der Waals surface area contributed by atoms with Crippen molar-refractivity contribution >= 4 is 21.5 Å². The average Bonchev–Trinajstić information content (AvgIpc) is 2.82. The summed E-state index contributed by atoms with van der Waals surface area (Å²) in [5, 5.41) is 3.15. The molecule has 2 aromatic rings. The molecule has 1 N–H and O–H groups in total. The molecule has 1 saturated heterocycles. The number of rotatable bonds is 4. The molecule has 1 heterocycles. The van der Waals surface area contributed by atoms with Gasteiger partial charge in [-0.25, -0.2) is 13.2 Å². The van der Waals surface area contributed by atoms with Crippen LogP contribution >= 0.6 is 0 Å². The van der Waals surface area contributed by atoms with Crippen LogP contribution in [0.15, 0.2) is 60.7 Å². The number of hydrogen-bond donors (Lipinski definition) is 1. The second kappa shape index (κ2) is 6.42. The lowest BCUT2D eigenvalue weighted by molar-refractivity contribution is 0.0337. The van der Waals surface area contributed by atoms with Crippen molar-refractivity contribution < 1.29 is 17.9 Å². The molecule has 1 fully saturated rings. The molecule has 0 amide bonds. The molecule has 0 radical (unpaired) electrons. The van der Waals surface area contributed by atoms with E-state index in [1.807, 2.05) is 30.3 Å². The minimum atomic E-state index is -3.23. The summed E-state index contributed by atoms with van der Waals surface area (Å²) >= 11 is 0. The zero-order valence-corrected chi connectivity index (χ0v) is 13.2. The fraction of sp³-hybridized carbons (Fsp3) is 0.235. The van der Waals surface area contributed by atoms with E-state index < -0.39 is 28.0 Å². The first-order chi connectivity index (χ1) is 11.0. The molecule has 5 nitrogen and oxygen atoms in total. The highest BCUT2D eigenvalue weighted by molar-refractivity contribution is 7.91. The van der Waals surface area contributed by atoms with Gasteiger partial charge in [0.2, 0.25) is 0 Å². The van der Waals surface area contributed by atoms with E-state index in [1.54, 1.807) is 30.3 Å². The zero-order chi connectivity index (χ0) is 16.3. The normalized spacial score (nSPS) is 22.4. The fourth-order valence-electron chi connectivity index (χ4n) is 2.59. The molecule has 0 unspecified atom stereocenters. The van der Waals surface area contributed by atoms with Crippen molar-refractivity contribution in [3.05, 3.63) is 66.2 Å². The predicted octanol–water partition coefficient (Wildman–Crippen LogP) is 2.12. The van der Waals surface area contributed by atoms with Gasteiger partial charge >= 0.3 is 5.97 Å². The Morgan fingerprint density at radius 1 is 0.957 bits per heavy atom. The SMILES string of the molecule is O=C(O[C@H]1CS(=O)(=O)C[C@@H]1Nc1ccccc1)c1ccccc1. The second-order valence-corrected chi connectivity index (χ2v) is 7.66. The second-order valence-electron chi connectivity index (χ2n) is 5.50. The first-order valence-corrected chi connectivity index (χ1v) is 9.14. The third-order valence-corrected chi connectivity index (χ3v) is 5.40. The zero-order valence-electron chi connectivity index (χ0n) is 12.4. The van der Waals surface area contributed by atoms with E-state index >= 15 is 0 Å². The summed E-state index contributed by atoms with van der Waals surface area (Å²) in [6.45, 7) is 0. The molecule has 0 aliphatic carbocycles. The Morgan fingerprint density at radius 3 is 2.22 bits per heavy atom. The molecular formula is C17H17NO4S. The molecule has 0 saturated carbocycles. The topological polar surface area (TPSA) is 72.5 Å². The van der Waals surface area contributed by atoms with Gasteiger partial charge in [0.05, 0.1) is 23.1 Å². The summed E-state index contributed by atoms with van der Waals surface area (Å²) in [6.07, 6.45) is -0.701. The lowest BCUT2D eigenvalue weighted by Crippen LogP contribution is -2.35. The van der Waals surface area contributed by atoms with Crippen molar-refractivity contribution in [3.8, 4) is 0 Å². The highest BCUT2D eigenvalue weighted by Crippen LogP contribution is 2.21. The number of sulfone groups is 1. The van der Waals surface area contributed by atoms with Crippen LogP contribution in [0, 0.1) is 0 Å². The van der Waals surface area contributed by atoms with Crippen molar-refractivity contribution in [1.82, 2.24) is 0 Å². The van der Waals surface area contributed by atoms with Crippen LogP contribution in [-0.4, -0.2) is 38.0 Å². The minimum Gasteiger partial charge on any atom is -0.455 e. The van der Waals surface area contributed by atoms with Crippen molar-refractivity contribution in [3.63, 3.8) is 0 Å². The van der Waals surface area contributed by atoms with Gasteiger partial charge in [0.25, 0.3) is 0 Å². The molecule has 1 aliphatic rings. The number of ether oxygens (including phenoxy) is 1. The summed E-state index contributed by atoms with van der Waals surface area (Å²) in [6, 6.07) is 17.4. The number of carbonyl (C=O) groups excluding carboxylic acids is 1. The smallest absolute Gasteiger partial charge is 0.338 e. The van der Waals surface area contributed by atoms with Gasteiger partial charge in [-0.05, 0) is 24.3 Å². The van der Waals surface area contributed by atoms with Crippen molar-refractivity contribution in [1.29, 1.82) is 0 Å². The Balaban J connectivity index is 1.74. The number of esters is 1. The molecule has 120 valence electrons. The van der Waals surface area contributed by atoms with Gasteiger partial charge in [-0.2, -0.15) is 0 Å². The van der Waals surface area contributed by atoms with E-state index in [-0.39, 0.29) is 11.5 Å². The van der Waals surface area contributed by atoms with E-state index in [1.165, 1.54) is 0 Å². The van der Waals surface area contributed by atoms with Crippen LogP contribution in [0.25, 0.3) is 0 Å². The highest BCUT2D eigenvalue weighted by atomic mass is 32.2. The lowest BCUT2D eigenvalue weighted by Gasteiger charge is -2.21. The lowest BCUT2D eigenvalue weighted by atomic mass is 10.2. The number of para-hydroxylation sites is 1. The summed E-state index contributed by atoms with van der Waals surface area (Å²) in [4.78, 5) is 12.2. The van der Waals surface area contributed by atoms with Crippen LogP contribution in [0.2, 0.25) is 0 Å². The summed E-state index contributed by atoms with van der Waals surface area (Å²) in [5.41, 5.74) is 1.21. The summed E-state index contributed by atoms with van der Waals surface area (Å²) in [7, 11) is -3.23. The van der Waals surface area contributed by atoms with Crippen molar-refractivity contribution in [2.75, 3.05) is 16.8 Å². The largest absolute Gasteiger partial charge is 0.455 e. The van der Waals surface area contributed by atoms with Crippen molar-refractivity contribution in [2.24, 2.45) is 0 Å². The Bertz CT molecular complexity index is 775. The minimum absolute atomic E-state index is 0.0470. The molecule has 6 heteroatoms. The summed E-state index contributed by atoms with van der Waals surface area (Å²) < 4.78 is 29.3. The Hall–Kier alpha value is -2.34. The molecule has 0 spiro atoms. The molecule has 2 aromatic carbocycles. The van der Waals surface area contributed by atoms with Crippen LogP contribution < -0.4 is 5.32 Å². The highest BCUT2D eigenvalue weighted by Gasteiger charge is 2.40. The first kappa shape index (κ1) is 15.6. The molecule has 2 atom stereocenters. The number of nitrogens with one attached hydrogen (secondary N) is 1. The monoisotopic (exact) mass is 331 g/mol. The Labute approximate surface area is 135 Å². The third kappa shape index (κ3) is 3.90. The van der Waals surface area contributed by atoms with Crippen LogP contribution in [0.4, 0.5) is 5.69 Å². The van der Waals surface area contributed by atoms with Gasteiger partial charge < -0.3 is 10.1 Å². The van der Waals surface area contributed by atoms with E-state index in [0.717, 1.165) is 5.69 Å². The molecule has 0 aromatic heterocycles. The standard InChI is InChI=1S/C17H17NO4S/c19-17(13-7-3-1-4-8-13)22-16-12-23(20,21)11-15(16)18-14-9-5-2-6-10-14/h1-10,15-16,18H,11-12H2/t15-,16-/m0/s1. The van der Waals surface area contributed by atoms with Crippen LogP contribution in [0.1, 0.15) is 10.4 Å². The van der Waals surface area contributed by atoms with Crippen LogP contribution in [0.5, 0.6) is 0 Å². The number of carbonyl (C=O) groups is 1. The number of benzene rings is 2. The van der Waals surface area contributed by atoms with E-state index in [4.69, 9.17) is 4.74 Å². The third-order valence-electron chi connectivity index (χ3n) is 3.69. The van der Waals surface area contributed by atoms with E-state index in [9.17, 15) is 13.2 Å². The van der Waals surface area contributed by atoms with Crippen molar-refractivity contribution in [2.45, 2.75) is 12.1 Å². The van der Waals surface area contributed by atoms with E-state index in [0.29, 0.717) is 5.56 Å². The van der Waals surface area contributed by atoms with Gasteiger partial charge in [-0.15, -0.1) is 0 Å².